The Morgan fingerprint density at radius 3 is 2.83 bits per heavy atom. The van der Waals surface area contributed by atoms with Crippen molar-refractivity contribution in [2.45, 2.75) is 29.3 Å². The van der Waals surface area contributed by atoms with Crippen LogP contribution in [0.25, 0.3) is 0 Å². The molecule has 0 saturated carbocycles. The van der Waals surface area contributed by atoms with Gasteiger partial charge in [-0.1, -0.05) is 23.9 Å². The number of nitrogens with zero attached hydrogens (tertiary/aromatic N) is 1. The minimum atomic E-state index is -0.0752. The predicted octanol–water partition coefficient (Wildman–Crippen LogP) is 4.15. The largest absolute Gasteiger partial charge is 0.385 e. The summed E-state index contributed by atoms with van der Waals surface area (Å²) in [6.07, 6.45) is 2.53. The summed E-state index contributed by atoms with van der Waals surface area (Å²) in [6.45, 7) is 2.60. The lowest BCUT2D eigenvalue weighted by Crippen LogP contribution is -2.33. The van der Waals surface area contributed by atoms with Gasteiger partial charge < -0.3 is 10.1 Å². The molecule has 23 heavy (non-hydrogen) atoms. The van der Waals surface area contributed by atoms with Crippen molar-refractivity contribution in [2.24, 2.45) is 0 Å². The van der Waals surface area contributed by atoms with Crippen molar-refractivity contribution < 1.29 is 9.53 Å². The van der Waals surface area contributed by atoms with Gasteiger partial charge in [0, 0.05) is 35.3 Å². The molecule has 1 unspecified atom stereocenters. The zero-order valence-electron chi connectivity index (χ0n) is 13.1. The van der Waals surface area contributed by atoms with Gasteiger partial charge in [-0.25, -0.2) is 4.98 Å². The summed E-state index contributed by atoms with van der Waals surface area (Å²) < 4.78 is 5.98. The maximum atomic E-state index is 12.5. The van der Waals surface area contributed by atoms with Crippen LogP contribution in [0.15, 0.2) is 57.0 Å². The highest BCUT2D eigenvalue weighted by atomic mass is 79.9. The molecule has 1 N–H and O–H groups in total. The van der Waals surface area contributed by atoms with Crippen molar-refractivity contribution in [3.8, 4) is 0 Å². The highest BCUT2D eigenvalue weighted by molar-refractivity contribution is 9.10. The first-order chi connectivity index (χ1) is 11.1. The van der Waals surface area contributed by atoms with Crippen molar-refractivity contribution >= 4 is 33.6 Å². The van der Waals surface area contributed by atoms with Gasteiger partial charge in [-0.15, -0.1) is 0 Å². The van der Waals surface area contributed by atoms with E-state index in [0.717, 1.165) is 20.8 Å². The van der Waals surface area contributed by atoms with E-state index >= 15 is 0 Å². The number of amides is 1. The first kappa shape index (κ1) is 18.0. The Hall–Kier alpha value is -1.37. The Kier molecular flexibility index (Phi) is 7.08. The highest BCUT2D eigenvalue weighted by Crippen LogP contribution is 2.29. The average molecular weight is 395 g/mol. The average Bonchev–Trinajstić information content (AvgIpc) is 2.55. The fourth-order valence-electron chi connectivity index (χ4n) is 1.95. The zero-order valence-corrected chi connectivity index (χ0v) is 15.5. The summed E-state index contributed by atoms with van der Waals surface area (Å²) in [5, 5.41) is 3.85. The van der Waals surface area contributed by atoms with Gasteiger partial charge in [0.1, 0.15) is 5.03 Å². The summed E-state index contributed by atoms with van der Waals surface area (Å²) in [4.78, 5) is 17.7. The molecule has 1 atom stereocenters. The molecule has 1 aromatic heterocycles. The number of pyridine rings is 1. The third-order valence-electron chi connectivity index (χ3n) is 3.18. The van der Waals surface area contributed by atoms with Crippen LogP contribution < -0.4 is 5.32 Å². The molecule has 0 bridgehead atoms. The molecule has 4 nitrogen and oxygen atoms in total. The molecule has 6 heteroatoms. The number of halogens is 1. The van der Waals surface area contributed by atoms with Crippen molar-refractivity contribution in [1.82, 2.24) is 10.3 Å². The number of ether oxygens (including phenoxy) is 1. The number of carbonyl (C=O) groups excluding carboxylic acids is 1. The van der Waals surface area contributed by atoms with Crippen LogP contribution in [-0.2, 0) is 4.74 Å². The lowest BCUT2D eigenvalue weighted by Gasteiger charge is -2.15. The summed E-state index contributed by atoms with van der Waals surface area (Å²) in [5.41, 5.74) is 0.659. The molecule has 0 fully saturated rings. The van der Waals surface area contributed by atoms with Crippen molar-refractivity contribution in [1.29, 1.82) is 0 Å². The van der Waals surface area contributed by atoms with Gasteiger partial charge in [0.05, 0.1) is 5.56 Å². The van der Waals surface area contributed by atoms with Crippen LogP contribution in [0.2, 0.25) is 0 Å². The van der Waals surface area contributed by atoms with E-state index in [1.807, 2.05) is 43.3 Å². The quantitative estimate of drug-likeness (QED) is 0.765. The standard InChI is InChI=1S/C17H19BrN2O2S/c1-12(9-10-22-2)20-17(21)14-5-3-4-6-15(14)23-16-8-7-13(18)11-19-16/h3-8,11-12H,9-10H2,1-2H3,(H,20,21). The first-order valence-corrected chi connectivity index (χ1v) is 8.89. The van der Waals surface area contributed by atoms with E-state index in [1.165, 1.54) is 11.8 Å². The maximum absolute atomic E-state index is 12.5. The number of nitrogens with one attached hydrogen (secondary N) is 1. The van der Waals surface area contributed by atoms with Crippen LogP contribution in [0.1, 0.15) is 23.7 Å². The molecule has 0 spiro atoms. The number of aromatic nitrogens is 1. The zero-order chi connectivity index (χ0) is 16.7. The van der Waals surface area contributed by atoms with E-state index in [0.29, 0.717) is 12.2 Å². The van der Waals surface area contributed by atoms with Crippen molar-refractivity contribution in [3.05, 3.63) is 52.6 Å². The number of benzene rings is 1. The molecule has 0 aliphatic heterocycles. The number of rotatable bonds is 7. The van der Waals surface area contributed by atoms with Crippen LogP contribution in [0.5, 0.6) is 0 Å². The van der Waals surface area contributed by atoms with Gasteiger partial charge in [0.25, 0.3) is 5.91 Å². The normalized spacial score (nSPS) is 12.0. The summed E-state index contributed by atoms with van der Waals surface area (Å²) in [7, 11) is 1.66. The van der Waals surface area contributed by atoms with Gasteiger partial charge in [0.15, 0.2) is 0 Å². The van der Waals surface area contributed by atoms with Crippen molar-refractivity contribution in [3.63, 3.8) is 0 Å². The topological polar surface area (TPSA) is 51.2 Å². The summed E-state index contributed by atoms with van der Waals surface area (Å²) in [6, 6.07) is 11.5. The first-order valence-electron chi connectivity index (χ1n) is 7.28. The molecule has 1 aromatic carbocycles. The molecule has 122 valence electrons. The second-order valence-electron chi connectivity index (χ2n) is 5.07. The Balaban J connectivity index is 2.10. The smallest absolute Gasteiger partial charge is 0.252 e. The Bertz CT molecular complexity index is 649. The molecular weight excluding hydrogens is 376 g/mol. The van der Waals surface area contributed by atoms with E-state index < -0.39 is 0 Å². The third kappa shape index (κ3) is 5.64. The molecule has 0 aliphatic carbocycles. The fourth-order valence-corrected chi connectivity index (χ4v) is 3.07. The Labute approximate surface area is 149 Å². The number of hydrogen-bond donors (Lipinski definition) is 1. The maximum Gasteiger partial charge on any atom is 0.252 e. The Morgan fingerprint density at radius 2 is 2.13 bits per heavy atom. The fraction of sp³-hybridized carbons (Fsp3) is 0.294. The van der Waals surface area contributed by atoms with E-state index in [-0.39, 0.29) is 11.9 Å². The van der Waals surface area contributed by atoms with E-state index in [4.69, 9.17) is 4.74 Å². The molecule has 0 aliphatic rings. The van der Waals surface area contributed by atoms with Gasteiger partial charge in [-0.05, 0) is 53.5 Å². The molecule has 1 heterocycles. The molecule has 1 amide bonds. The molecule has 0 saturated heterocycles. The van der Waals surface area contributed by atoms with Gasteiger partial charge in [-0.2, -0.15) is 0 Å². The van der Waals surface area contributed by atoms with Gasteiger partial charge in [-0.3, -0.25) is 4.79 Å². The third-order valence-corrected chi connectivity index (χ3v) is 4.67. The number of carbonyl (C=O) groups is 1. The lowest BCUT2D eigenvalue weighted by molar-refractivity contribution is 0.0926. The van der Waals surface area contributed by atoms with Crippen molar-refractivity contribution in [2.75, 3.05) is 13.7 Å². The summed E-state index contributed by atoms with van der Waals surface area (Å²) in [5.74, 6) is -0.0752. The minimum absolute atomic E-state index is 0.0614. The number of hydrogen-bond acceptors (Lipinski definition) is 4. The minimum Gasteiger partial charge on any atom is -0.385 e. The van der Waals surface area contributed by atoms with Crippen LogP contribution in [0.4, 0.5) is 0 Å². The van der Waals surface area contributed by atoms with E-state index in [9.17, 15) is 4.79 Å². The summed E-state index contributed by atoms with van der Waals surface area (Å²) >= 11 is 4.85. The van der Waals surface area contributed by atoms with Gasteiger partial charge >= 0.3 is 0 Å². The van der Waals surface area contributed by atoms with E-state index in [1.54, 1.807) is 13.3 Å². The van der Waals surface area contributed by atoms with Crippen LogP contribution >= 0.6 is 27.7 Å². The molecule has 2 aromatic rings. The lowest BCUT2D eigenvalue weighted by atomic mass is 10.2. The second-order valence-corrected chi connectivity index (χ2v) is 7.05. The molecular formula is C17H19BrN2O2S. The van der Waals surface area contributed by atoms with Crippen LogP contribution in [-0.4, -0.2) is 30.6 Å². The predicted molar refractivity (Wildman–Crippen MR) is 95.9 cm³/mol. The second kappa shape index (κ2) is 9.05. The van der Waals surface area contributed by atoms with Crippen LogP contribution in [0.3, 0.4) is 0 Å². The SMILES string of the molecule is COCCC(C)NC(=O)c1ccccc1Sc1ccc(Br)cn1. The van der Waals surface area contributed by atoms with Gasteiger partial charge in [0.2, 0.25) is 0 Å². The molecule has 2 rings (SSSR count). The Morgan fingerprint density at radius 1 is 1.35 bits per heavy atom. The van der Waals surface area contributed by atoms with E-state index in [2.05, 4.69) is 26.2 Å². The molecule has 0 radical (unpaired) electrons. The number of methoxy groups -OCH3 is 1. The van der Waals surface area contributed by atoms with Crippen LogP contribution in [0, 0.1) is 0 Å². The monoisotopic (exact) mass is 394 g/mol. The highest BCUT2D eigenvalue weighted by Gasteiger charge is 2.14.